The van der Waals surface area contributed by atoms with Gasteiger partial charge in [-0.25, -0.2) is 0 Å². The van der Waals surface area contributed by atoms with Crippen LogP contribution in [0.1, 0.15) is 17.5 Å². The zero-order valence-electron chi connectivity index (χ0n) is 12.0. The highest BCUT2D eigenvalue weighted by molar-refractivity contribution is 5.46. The van der Waals surface area contributed by atoms with E-state index in [1.807, 2.05) is 48.5 Å². The zero-order valence-corrected chi connectivity index (χ0v) is 12.0. The monoisotopic (exact) mass is 282 g/mol. The van der Waals surface area contributed by atoms with E-state index in [9.17, 15) is 0 Å². The molecule has 3 nitrogen and oxygen atoms in total. The first-order chi connectivity index (χ1) is 10.3. The lowest BCUT2D eigenvalue weighted by Gasteiger charge is -2.11. The zero-order chi connectivity index (χ0) is 14.9. The van der Waals surface area contributed by atoms with Crippen LogP contribution in [-0.2, 0) is 6.61 Å². The van der Waals surface area contributed by atoms with Crippen molar-refractivity contribution in [3.05, 3.63) is 59.7 Å². The average molecular weight is 282 g/mol. The van der Waals surface area contributed by atoms with Crippen molar-refractivity contribution in [1.29, 1.82) is 0 Å². The molecule has 0 atom stereocenters. The van der Waals surface area contributed by atoms with Gasteiger partial charge >= 0.3 is 0 Å². The molecule has 1 N–H and O–H groups in total. The van der Waals surface area contributed by atoms with Gasteiger partial charge in [0.1, 0.15) is 18.1 Å². The molecule has 0 amide bonds. The van der Waals surface area contributed by atoms with Gasteiger partial charge in [0.15, 0.2) is 0 Å². The fourth-order valence-corrected chi connectivity index (χ4v) is 1.89. The van der Waals surface area contributed by atoms with Crippen molar-refractivity contribution in [2.45, 2.75) is 13.0 Å². The van der Waals surface area contributed by atoms with E-state index in [1.54, 1.807) is 7.11 Å². The third-order valence-corrected chi connectivity index (χ3v) is 2.92. The number of hydrogen-bond acceptors (Lipinski definition) is 3. The second-order valence-electron chi connectivity index (χ2n) is 4.37. The van der Waals surface area contributed by atoms with Crippen molar-refractivity contribution in [3.8, 4) is 23.3 Å². The standard InChI is InChI=1S/C18H18O3/c1-20-17-11-4-3-10-16(17)14-21-18-12-5-2-8-15(18)9-6-7-13-19/h2-5,8,10-12,19H,7,13-14H2,1H3. The minimum atomic E-state index is 0.0667. The molecule has 0 heterocycles. The minimum Gasteiger partial charge on any atom is -0.496 e. The van der Waals surface area contributed by atoms with Gasteiger partial charge in [0.25, 0.3) is 0 Å². The van der Waals surface area contributed by atoms with Gasteiger partial charge in [0, 0.05) is 12.0 Å². The Morgan fingerprint density at radius 2 is 1.71 bits per heavy atom. The second kappa shape index (κ2) is 7.98. The number of para-hydroxylation sites is 2. The van der Waals surface area contributed by atoms with E-state index in [1.165, 1.54) is 0 Å². The van der Waals surface area contributed by atoms with E-state index >= 15 is 0 Å². The maximum Gasteiger partial charge on any atom is 0.135 e. The summed E-state index contributed by atoms with van der Waals surface area (Å²) in [6, 6.07) is 15.4. The molecule has 0 radical (unpaired) electrons. The van der Waals surface area contributed by atoms with E-state index in [0.717, 1.165) is 22.6 Å². The summed E-state index contributed by atoms with van der Waals surface area (Å²) in [5.41, 5.74) is 1.80. The molecule has 3 heteroatoms. The lowest BCUT2D eigenvalue weighted by Crippen LogP contribution is -1.99. The van der Waals surface area contributed by atoms with E-state index in [2.05, 4.69) is 11.8 Å². The molecule has 21 heavy (non-hydrogen) atoms. The van der Waals surface area contributed by atoms with Gasteiger partial charge < -0.3 is 14.6 Å². The van der Waals surface area contributed by atoms with Crippen LogP contribution in [0.2, 0.25) is 0 Å². The second-order valence-corrected chi connectivity index (χ2v) is 4.37. The van der Waals surface area contributed by atoms with Gasteiger partial charge in [-0.15, -0.1) is 0 Å². The summed E-state index contributed by atoms with van der Waals surface area (Å²) < 4.78 is 11.2. The van der Waals surface area contributed by atoms with E-state index in [-0.39, 0.29) is 6.61 Å². The molecule has 0 aliphatic carbocycles. The predicted octanol–water partition coefficient (Wildman–Crippen LogP) is 3.01. The maximum absolute atomic E-state index is 8.78. The number of rotatable bonds is 5. The molecule has 0 fully saturated rings. The summed E-state index contributed by atoms with van der Waals surface area (Å²) >= 11 is 0. The molecule has 0 bridgehead atoms. The van der Waals surface area contributed by atoms with Gasteiger partial charge in [0.2, 0.25) is 0 Å². The van der Waals surface area contributed by atoms with Gasteiger partial charge in [-0.3, -0.25) is 0 Å². The van der Waals surface area contributed by atoms with Crippen molar-refractivity contribution in [2.24, 2.45) is 0 Å². The highest BCUT2D eigenvalue weighted by Crippen LogP contribution is 2.22. The smallest absolute Gasteiger partial charge is 0.135 e. The number of aliphatic hydroxyl groups excluding tert-OH is 1. The number of methoxy groups -OCH3 is 1. The first-order valence-electron chi connectivity index (χ1n) is 6.78. The fourth-order valence-electron chi connectivity index (χ4n) is 1.89. The van der Waals surface area contributed by atoms with Crippen molar-refractivity contribution < 1.29 is 14.6 Å². The highest BCUT2D eigenvalue weighted by atomic mass is 16.5. The molecular weight excluding hydrogens is 264 g/mol. The first kappa shape index (κ1) is 15.0. The molecule has 108 valence electrons. The summed E-state index contributed by atoms with van der Waals surface area (Å²) in [5, 5.41) is 8.78. The molecule has 0 saturated carbocycles. The van der Waals surface area contributed by atoms with Gasteiger partial charge in [0.05, 0.1) is 19.3 Å². The van der Waals surface area contributed by atoms with E-state index in [0.29, 0.717) is 13.0 Å². The van der Waals surface area contributed by atoms with Crippen LogP contribution in [0.4, 0.5) is 0 Å². The quantitative estimate of drug-likeness (QED) is 0.857. The van der Waals surface area contributed by atoms with Crippen LogP contribution in [0.25, 0.3) is 0 Å². The number of hydrogen-bond donors (Lipinski definition) is 1. The lowest BCUT2D eigenvalue weighted by atomic mass is 10.2. The molecule has 2 aromatic rings. The van der Waals surface area contributed by atoms with Crippen LogP contribution >= 0.6 is 0 Å². The van der Waals surface area contributed by atoms with Crippen LogP contribution in [0, 0.1) is 11.8 Å². The Balaban J connectivity index is 2.12. The summed E-state index contributed by atoms with van der Waals surface area (Å²) in [4.78, 5) is 0. The van der Waals surface area contributed by atoms with Crippen LogP contribution in [0.5, 0.6) is 11.5 Å². The Bertz CT molecular complexity index is 638. The van der Waals surface area contributed by atoms with Gasteiger partial charge in [-0.2, -0.15) is 0 Å². The molecule has 0 saturated heterocycles. The highest BCUT2D eigenvalue weighted by Gasteiger charge is 2.04. The molecule has 0 unspecified atom stereocenters. The summed E-state index contributed by atoms with van der Waals surface area (Å²) in [5.74, 6) is 7.46. The van der Waals surface area contributed by atoms with Crippen molar-refractivity contribution in [1.82, 2.24) is 0 Å². The Kier molecular flexibility index (Phi) is 5.69. The van der Waals surface area contributed by atoms with Crippen LogP contribution in [-0.4, -0.2) is 18.8 Å². The normalized spacial score (nSPS) is 9.62. The van der Waals surface area contributed by atoms with Crippen molar-refractivity contribution >= 4 is 0 Å². The summed E-state index contributed by atoms with van der Waals surface area (Å²) in [6.07, 6.45) is 0.459. The Hall–Kier alpha value is -2.44. The molecule has 0 spiro atoms. The van der Waals surface area contributed by atoms with Crippen molar-refractivity contribution in [3.63, 3.8) is 0 Å². The molecule has 0 aliphatic rings. The third-order valence-electron chi connectivity index (χ3n) is 2.92. The molecule has 0 aliphatic heterocycles. The molecule has 0 aromatic heterocycles. The third kappa shape index (κ3) is 4.27. The number of ether oxygens (including phenoxy) is 2. The number of benzene rings is 2. The maximum atomic E-state index is 8.78. The largest absolute Gasteiger partial charge is 0.496 e. The van der Waals surface area contributed by atoms with Gasteiger partial charge in [-0.05, 0) is 18.2 Å². The topological polar surface area (TPSA) is 38.7 Å². The SMILES string of the molecule is COc1ccccc1COc1ccccc1C#CCCO. The van der Waals surface area contributed by atoms with Gasteiger partial charge in [-0.1, -0.05) is 42.2 Å². The Morgan fingerprint density at radius 3 is 2.48 bits per heavy atom. The average Bonchev–Trinajstić information content (AvgIpc) is 2.54. The van der Waals surface area contributed by atoms with Crippen molar-refractivity contribution in [2.75, 3.05) is 13.7 Å². The van der Waals surface area contributed by atoms with Crippen LogP contribution in [0.15, 0.2) is 48.5 Å². The fraction of sp³-hybridized carbons (Fsp3) is 0.222. The summed E-state index contributed by atoms with van der Waals surface area (Å²) in [7, 11) is 1.65. The molecular formula is C18H18O3. The lowest BCUT2D eigenvalue weighted by molar-refractivity contribution is 0.296. The van der Waals surface area contributed by atoms with E-state index in [4.69, 9.17) is 14.6 Å². The molecule has 2 aromatic carbocycles. The first-order valence-corrected chi connectivity index (χ1v) is 6.78. The number of aliphatic hydroxyl groups is 1. The molecule has 2 rings (SSSR count). The summed E-state index contributed by atoms with van der Waals surface area (Å²) in [6.45, 7) is 0.486. The van der Waals surface area contributed by atoms with Crippen LogP contribution < -0.4 is 9.47 Å². The Morgan fingerprint density at radius 1 is 1.00 bits per heavy atom. The minimum absolute atomic E-state index is 0.0667. The predicted molar refractivity (Wildman–Crippen MR) is 82.3 cm³/mol. The Labute approximate surface area is 125 Å². The van der Waals surface area contributed by atoms with Crippen LogP contribution in [0.3, 0.4) is 0 Å². The van der Waals surface area contributed by atoms with E-state index < -0.39 is 0 Å².